The summed E-state index contributed by atoms with van der Waals surface area (Å²) >= 11 is 0. The number of rotatable bonds is 9. The van der Waals surface area contributed by atoms with Crippen LogP contribution in [0, 0.1) is 5.82 Å². The van der Waals surface area contributed by atoms with Gasteiger partial charge in [0.15, 0.2) is 0 Å². The molecule has 0 atom stereocenters. The Morgan fingerprint density at radius 2 is 1.56 bits per heavy atom. The van der Waals surface area contributed by atoms with Gasteiger partial charge in [0.2, 0.25) is 5.91 Å². The van der Waals surface area contributed by atoms with Crippen molar-refractivity contribution in [2.45, 2.75) is 36.0 Å². The van der Waals surface area contributed by atoms with E-state index in [1.807, 2.05) is 18.2 Å². The summed E-state index contributed by atoms with van der Waals surface area (Å²) in [4.78, 5) is 12.8. The zero-order chi connectivity index (χ0) is 22.6. The standard InChI is InChI=1S/C25H25FN2O3S/c26-21-10-14-23(15-11-21)32(30,31)28-22-12-8-20(9-13-22)25(16-17-25)24(29)27-18-4-7-19-5-2-1-3-6-19/h1-3,5-6,8-15,28H,4,7,16-18H2,(H,27,29). The van der Waals surface area contributed by atoms with E-state index in [0.29, 0.717) is 12.2 Å². The van der Waals surface area contributed by atoms with Crippen LogP contribution in [0.1, 0.15) is 30.4 Å². The Morgan fingerprint density at radius 1 is 0.906 bits per heavy atom. The number of aryl methyl sites for hydroxylation is 1. The van der Waals surface area contributed by atoms with Gasteiger partial charge in [0, 0.05) is 12.2 Å². The van der Waals surface area contributed by atoms with Gasteiger partial charge in [-0.25, -0.2) is 12.8 Å². The molecule has 0 unspecified atom stereocenters. The van der Waals surface area contributed by atoms with Crippen LogP contribution < -0.4 is 10.0 Å². The molecular formula is C25H25FN2O3S. The molecular weight excluding hydrogens is 427 g/mol. The molecule has 166 valence electrons. The number of carbonyl (C=O) groups excluding carboxylic acids is 1. The maximum Gasteiger partial charge on any atom is 0.261 e. The number of sulfonamides is 1. The van der Waals surface area contributed by atoms with Crippen molar-refractivity contribution in [3.63, 3.8) is 0 Å². The molecule has 1 fully saturated rings. The monoisotopic (exact) mass is 452 g/mol. The summed E-state index contributed by atoms with van der Waals surface area (Å²) < 4.78 is 40.5. The predicted molar refractivity (Wildman–Crippen MR) is 122 cm³/mol. The number of halogens is 1. The highest BCUT2D eigenvalue weighted by molar-refractivity contribution is 7.92. The molecule has 0 aliphatic heterocycles. The average molecular weight is 453 g/mol. The highest BCUT2D eigenvalue weighted by atomic mass is 32.2. The Morgan fingerprint density at radius 3 is 2.19 bits per heavy atom. The zero-order valence-corrected chi connectivity index (χ0v) is 18.4. The van der Waals surface area contributed by atoms with E-state index in [-0.39, 0.29) is 10.8 Å². The molecule has 7 heteroatoms. The van der Waals surface area contributed by atoms with Crippen LogP contribution in [0.4, 0.5) is 10.1 Å². The van der Waals surface area contributed by atoms with Crippen molar-refractivity contribution in [1.82, 2.24) is 5.32 Å². The van der Waals surface area contributed by atoms with Crippen molar-refractivity contribution in [3.05, 3.63) is 95.8 Å². The van der Waals surface area contributed by atoms with E-state index in [1.165, 1.54) is 17.7 Å². The lowest BCUT2D eigenvalue weighted by atomic mass is 9.94. The minimum atomic E-state index is -3.81. The SMILES string of the molecule is O=C(NCCCc1ccccc1)C1(c2ccc(NS(=O)(=O)c3ccc(F)cc3)cc2)CC1. The summed E-state index contributed by atoms with van der Waals surface area (Å²) in [5, 5.41) is 3.05. The molecule has 0 spiro atoms. The van der Waals surface area contributed by atoms with E-state index in [1.54, 1.807) is 24.3 Å². The molecule has 5 nitrogen and oxygen atoms in total. The summed E-state index contributed by atoms with van der Waals surface area (Å²) in [6.45, 7) is 0.616. The first-order valence-corrected chi connectivity index (χ1v) is 12.1. The van der Waals surface area contributed by atoms with Crippen molar-refractivity contribution < 1.29 is 17.6 Å². The molecule has 2 N–H and O–H groups in total. The van der Waals surface area contributed by atoms with Gasteiger partial charge in [-0.3, -0.25) is 9.52 Å². The Hall–Kier alpha value is -3.19. The molecule has 0 saturated heterocycles. The van der Waals surface area contributed by atoms with Gasteiger partial charge in [0.25, 0.3) is 10.0 Å². The topological polar surface area (TPSA) is 75.3 Å². The number of hydrogen-bond acceptors (Lipinski definition) is 3. The highest BCUT2D eigenvalue weighted by Gasteiger charge is 2.51. The molecule has 0 bridgehead atoms. The van der Waals surface area contributed by atoms with E-state index in [2.05, 4.69) is 22.2 Å². The molecule has 0 heterocycles. The first-order valence-electron chi connectivity index (χ1n) is 10.6. The Labute approximate surface area is 187 Å². The smallest absolute Gasteiger partial charge is 0.261 e. The van der Waals surface area contributed by atoms with Crippen molar-refractivity contribution in [3.8, 4) is 0 Å². The second-order valence-electron chi connectivity index (χ2n) is 8.06. The number of benzene rings is 3. The van der Waals surface area contributed by atoms with Gasteiger partial charge in [0.05, 0.1) is 10.3 Å². The van der Waals surface area contributed by atoms with Crippen LogP contribution in [-0.2, 0) is 26.7 Å². The molecule has 0 aromatic heterocycles. The van der Waals surface area contributed by atoms with Crippen LogP contribution in [0.25, 0.3) is 0 Å². The zero-order valence-electron chi connectivity index (χ0n) is 17.6. The summed E-state index contributed by atoms with van der Waals surface area (Å²) in [7, 11) is -3.81. The fourth-order valence-electron chi connectivity index (χ4n) is 3.77. The molecule has 1 aliphatic carbocycles. The van der Waals surface area contributed by atoms with E-state index < -0.39 is 21.3 Å². The fourth-order valence-corrected chi connectivity index (χ4v) is 4.82. The van der Waals surface area contributed by atoms with Gasteiger partial charge in [-0.05, 0) is 73.2 Å². The van der Waals surface area contributed by atoms with Gasteiger partial charge in [-0.2, -0.15) is 0 Å². The Kier molecular flexibility index (Phi) is 6.28. The summed E-state index contributed by atoms with van der Waals surface area (Å²) in [5.74, 6) is -0.480. The van der Waals surface area contributed by atoms with Gasteiger partial charge >= 0.3 is 0 Å². The first-order chi connectivity index (χ1) is 15.4. The van der Waals surface area contributed by atoms with Crippen LogP contribution in [0.15, 0.2) is 83.8 Å². The maximum absolute atomic E-state index is 13.1. The van der Waals surface area contributed by atoms with Crippen molar-refractivity contribution in [2.75, 3.05) is 11.3 Å². The quantitative estimate of drug-likeness (QED) is 0.473. The van der Waals surface area contributed by atoms with Crippen LogP contribution in [0.2, 0.25) is 0 Å². The maximum atomic E-state index is 13.1. The van der Waals surface area contributed by atoms with Crippen LogP contribution in [0.3, 0.4) is 0 Å². The number of amides is 1. The molecule has 0 radical (unpaired) electrons. The van der Waals surface area contributed by atoms with E-state index >= 15 is 0 Å². The van der Waals surface area contributed by atoms with Crippen LogP contribution >= 0.6 is 0 Å². The summed E-state index contributed by atoms with van der Waals surface area (Å²) in [5.41, 5.74) is 1.99. The lowest BCUT2D eigenvalue weighted by molar-refractivity contribution is -0.123. The Balaban J connectivity index is 1.34. The lowest BCUT2D eigenvalue weighted by Gasteiger charge is -2.17. The molecule has 32 heavy (non-hydrogen) atoms. The molecule has 1 amide bonds. The normalized spacial score (nSPS) is 14.5. The van der Waals surface area contributed by atoms with Gasteiger partial charge in [-0.1, -0.05) is 42.5 Å². The molecule has 3 aromatic rings. The molecule has 4 rings (SSSR count). The second-order valence-corrected chi connectivity index (χ2v) is 9.75. The van der Waals surface area contributed by atoms with Gasteiger partial charge in [0.1, 0.15) is 5.82 Å². The predicted octanol–water partition coefficient (Wildman–Crippen LogP) is 4.41. The summed E-state index contributed by atoms with van der Waals surface area (Å²) in [6.07, 6.45) is 3.34. The minimum Gasteiger partial charge on any atom is -0.355 e. The third-order valence-electron chi connectivity index (χ3n) is 5.77. The van der Waals surface area contributed by atoms with E-state index in [4.69, 9.17) is 0 Å². The average Bonchev–Trinajstić information content (AvgIpc) is 3.60. The largest absolute Gasteiger partial charge is 0.355 e. The van der Waals surface area contributed by atoms with Crippen LogP contribution in [0.5, 0.6) is 0 Å². The second kappa shape index (κ2) is 9.12. The number of hydrogen-bond donors (Lipinski definition) is 2. The Bertz CT molecular complexity index is 1170. The molecule has 1 saturated carbocycles. The minimum absolute atomic E-state index is 0.0171. The third kappa shape index (κ3) is 4.99. The third-order valence-corrected chi connectivity index (χ3v) is 7.17. The van der Waals surface area contributed by atoms with Crippen molar-refractivity contribution in [2.24, 2.45) is 0 Å². The van der Waals surface area contributed by atoms with E-state index in [0.717, 1.165) is 43.4 Å². The number of nitrogens with one attached hydrogen (secondary N) is 2. The van der Waals surface area contributed by atoms with Gasteiger partial charge in [-0.15, -0.1) is 0 Å². The summed E-state index contributed by atoms with van der Waals surface area (Å²) in [6, 6.07) is 21.7. The first kappa shape index (κ1) is 22.0. The highest BCUT2D eigenvalue weighted by Crippen LogP contribution is 2.48. The van der Waals surface area contributed by atoms with Crippen molar-refractivity contribution in [1.29, 1.82) is 0 Å². The lowest BCUT2D eigenvalue weighted by Crippen LogP contribution is -2.35. The number of carbonyl (C=O) groups is 1. The molecule has 3 aromatic carbocycles. The van der Waals surface area contributed by atoms with Crippen LogP contribution in [-0.4, -0.2) is 20.9 Å². The van der Waals surface area contributed by atoms with Gasteiger partial charge < -0.3 is 5.32 Å². The van der Waals surface area contributed by atoms with Crippen molar-refractivity contribution >= 4 is 21.6 Å². The van der Waals surface area contributed by atoms with E-state index in [9.17, 15) is 17.6 Å². The number of anilines is 1. The molecule has 1 aliphatic rings. The fraction of sp³-hybridized carbons (Fsp3) is 0.240.